The number of rotatable bonds is 69. The van der Waals surface area contributed by atoms with Crippen LogP contribution in [-0.4, -0.2) is 96.7 Å². The Morgan fingerprint density at radius 2 is 0.562 bits per heavy atom. The zero-order chi connectivity index (χ0) is 70.4. The Labute approximate surface area is 581 Å². The third-order valence-electron chi connectivity index (χ3n) is 15.2. The van der Waals surface area contributed by atoms with Crippen LogP contribution < -0.4 is 0 Å². The molecule has 96 heavy (non-hydrogen) atoms. The van der Waals surface area contributed by atoms with Gasteiger partial charge in [0.25, 0.3) is 0 Å². The number of esters is 4. The molecule has 0 saturated carbocycles. The van der Waals surface area contributed by atoms with Crippen LogP contribution in [0.3, 0.4) is 0 Å². The maximum absolute atomic E-state index is 13.1. The quantitative estimate of drug-likeness (QED) is 0.0169. The smallest absolute Gasteiger partial charge is 0.462 e. The maximum atomic E-state index is 13.1. The van der Waals surface area contributed by atoms with E-state index in [1.165, 1.54) is 51.4 Å². The zero-order valence-electron chi connectivity index (χ0n) is 60.0. The Morgan fingerprint density at radius 3 is 0.917 bits per heavy atom. The minimum absolute atomic E-state index is 0.0701. The summed E-state index contributed by atoms with van der Waals surface area (Å²) in [5, 5.41) is 10.6. The van der Waals surface area contributed by atoms with Crippen LogP contribution in [0.25, 0.3) is 0 Å². The Morgan fingerprint density at radius 1 is 0.302 bits per heavy atom. The van der Waals surface area contributed by atoms with Crippen molar-refractivity contribution in [1.82, 2.24) is 0 Å². The number of carbonyl (C=O) groups excluding carboxylic acids is 4. The summed E-state index contributed by atoms with van der Waals surface area (Å²) in [6, 6.07) is 0. The SMILES string of the molecule is CC/C=C\C/C=C\C/C=C\C/C=C\C/C=C\CCCC(=O)OCC(COP(=O)(O)OCC(O)COP(=O)(O)OCC(COC(=O)CCCCCCC/C=C\CCCC)OC(=O)CCCCCCCCCCCCC)OC(=O)CCCCCCCCC/C=C\C/C=C\C/C=C\CC. The standard InChI is InChI=1S/C77H132O17P2/c1-5-9-13-17-21-25-29-31-33-35-37-39-43-46-50-54-58-62-75(80)88-68-73(94-77(82)64-60-56-52-48-44-40-38-36-34-32-30-26-22-18-14-10-6-2)70-92-96(85,86)90-66-71(78)65-89-95(83,84)91-69-72(93-76(81)63-59-55-51-47-42-28-24-20-16-12-8-4)67-87-74(79)61-57-53-49-45-41-27-23-19-15-11-7-3/h9-10,13-14,19,21-23,25-26,31-34,37,39,46,50,71-73,78H,5-8,11-12,15-18,20,24,27-30,35-36,38,40-45,47-49,51-70H2,1-4H3,(H,83,84)(H,85,86)/b13-9-,14-10-,23-19-,25-21-,26-22-,33-31-,34-32-,39-37-,50-46-. The molecule has 0 aliphatic heterocycles. The van der Waals surface area contributed by atoms with E-state index in [1.54, 1.807) is 0 Å². The van der Waals surface area contributed by atoms with Gasteiger partial charge in [0.05, 0.1) is 26.4 Å². The van der Waals surface area contributed by atoms with Crippen LogP contribution in [0.4, 0.5) is 0 Å². The molecule has 0 aromatic carbocycles. The van der Waals surface area contributed by atoms with Crippen molar-refractivity contribution in [3.63, 3.8) is 0 Å². The molecule has 0 fully saturated rings. The molecule has 0 amide bonds. The molecule has 3 N–H and O–H groups in total. The first-order valence-corrected chi connectivity index (χ1v) is 40.1. The van der Waals surface area contributed by atoms with E-state index in [1.807, 2.05) is 12.2 Å². The fourth-order valence-electron chi connectivity index (χ4n) is 9.60. The number of phosphoric acid groups is 2. The van der Waals surface area contributed by atoms with Crippen LogP contribution in [0.5, 0.6) is 0 Å². The van der Waals surface area contributed by atoms with Crippen LogP contribution in [0.1, 0.15) is 297 Å². The molecule has 0 saturated heterocycles. The first-order chi connectivity index (χ1) is 46.7. The second-order valence-electron chi connectivity index (χ2n) is 24.5. The van der Waals surface area contributed by atoms with Crippen LogP contribution in [0.15, 0.2) is 109 Å². The van der Waals surface area contributed by atoms with Crippen molar-refractivity contribution in [3.8, 4) is 0 Å². The maximum Gasteiger partial charge on any atom is 0.472 e. The van der Waals surface area contributed by atoms with Gasteiger partial charge in [-0.3, -0.25) is 37.3 Å². The lowest BCUT2D eigenvalue weighted by atomic mass is 10.1. The van der Waals surface area contributed by atoms with Crippen molar-refractivity contribution in [2.75, 3.05) is 39.6 Å². The highest BCUT2D eigenvalue weighted by molar-refractivity contribution is 7.47. The van der Waals surface area contributed by atoms with Gasteiger partial charge in [0.15, 0.2) is 12.2 Å². The molecular formula is C77H132O17P2. The third-order valence-corrected chi connectivity index (χ3v) is 17.1. The molecule has 5 atom stereocenters. The van der Waals surface area contributed by atoms with Crippen molar-refractivity contribution in [1.29, 1.82) is 0 Å². The number of hydrogen-bond donors (Lipinski definition) is 3. The lowest BCUT2D eigenvalue weighted by Crippen LogP contribution is -2.30. The van der Waals surface area contributed by atoms with Gasteiger partial charge in [-0.25, -0.2) is 9.13 Å². The number of phosphoric ester groups is 2. The topological polar surface area (TPSA) is 237 Å². The number of allylic oxidation sites excluding steroid dienone is 18. The molecule has 552 valence electrons. The molecule has 0 aromatic rings. The fraction of sp³-hybridized carbons (Fsp3) is 0.714. The van der Waals surface area contributed by atoms with Crippen LogP contribution in [0, 0.1) is 0 Å². The predicted molar refractivity (Wildman–Crippen MR) is 390 cm³/mol. The average molecular weight is 1390 g/mol. The highest BCUT2D eigenvalue weighted by Gasteiger charge is 2.30. The molecule has 5 unspecified atom stereocenters. The number of hydrogen-bond acceptors (Lipinski definition) is 15. The van der Waals surface area contributed by atoms with Crippen molar-refractivity contribution in [2.45, 2.75) is 316 Å². The summed E-state index contributed by atoms with van der Waals surface area (Å²) in [7, 11) is -9.96. The summed E-state index contributed by atoms with van der Waals surface area (Å²) in [5.41, 5.74) is 0. The molecule has 0 radical (unpaired) electrons. The van der Waals surface area contributed by atoms with E-state index in [0.717, 1.165) is 161 Å². The van der Waals surface area contributed by atoms with Crippen LogP contribution in [-0.2, 0) is 65.4 Å². The van der Waals surface area contributed by atoms with Crippen LogP contribution in [0.2, 0.25) is 0 Å². The van der Waals surface area contributed by atoms with Crippen molar-refractivity contribution in [2.24, 2.45) is 0 Å². The van der Waals surface area contributed by atoms with Gasteiger partial charge in [0.1, 0.15) is 19.3 Å². The Kier molecular flexibility index (Phi) is 66.1. The van der Waals surface area contributed by atoms with E-state index in [4.69, 9.17) is 37.0 Å². The van der Waals surface area contributed by atoms with E-state index in [-0.39, 0.29) is 25.7 Å². The van der Waals surface area contributed by atoms with Gasteiger partial charge in [-0.05, 0) is 116 Å². The highest BCUT2D eigenvalue weighted by Crippen LogP contribution is 2.45. The van der Waals surface area contributed by atoms with Gasteiger partial charge in [0, 0.05) is 25.7 Å². The minimum atomic E-state index is -4.99. The monoisotopic (exact) mass is 1390 g/mol. The molecular weight excluding hydrogens is 1260 g/mol. The molecule has 0 rings (SSSR count). The van der Waals surface area contributed by atoms with Crippen molar-refractivity contribution in [3.05, 3.63) is 109 Å². The van der Waals surface area contributed by atoms with Gasteiger partial charge < -0.3 is 33.8 Å². The molecule has 0 aromatic heterocycles. The molecule has 0 aliphatic carbocycles. The molecule has 0 spiro atoms. The third kappa shape index (κ3) is 68.3. The zero-order valence-corrected chi connectivity index (χ0v) is 61.8. The molecule has 0 aliphatic rings. The van der Waals surface area contributed by atoms with E-state index in [2.05, 4.69) is 125 Å². The molecule has 0 heterocycles. The van der Waals surface area contributed by atoms with E-state index in [9.17, 15) is 43.2 Å². The molecule has 19 heteroatoms. The van der Waals surface area contributed by atoms with Gasteiger partial charge in [-0.2, -0.15) is 0 Å². The fourth-order valence-corrected chi connectivity index (χ4v) is 11.2. The minimum Gasteiger partial charge on any atom is -0.462 e. The number of aliphatic hydroxyl groups excluding tert-OH is 1. The largest absolute Gasteiger partial charge is 0.472 e. The Hall–Kier alpha value is -4.28. The van der Waals surface area contributed by atoms with Crippen molar-refractivity contribution < 1.29 is 80.2 Å². The summed E-state index contributed by atoms with van der Waals surface area (Å²) < 4.78 is 68.3. The van der Waals surface area contributed by atoms with Gasteiger partial charge in [-0.1, -0.05) is 265 Å². The highest BCUT2D eigenvalue weighted by atomic mass is 31.2. The second kappa shape index (κ2) is 69.2. The Balaban J connectivity index is 5.38. The van der Waals surface area contributed by atoms with Gasteiger partial charge in [-0.15, -0.1) is 0 Å². The summed E-state index contributed by atoms with van der Waals surface area (Å²) in [6.07, 6.45) is 72.4. The van der Waals surface area contributed by atoms with E-state index in [0.29, 0.717) is 32.1 Å². The molecule has 0 bridgehead atoms. The summed E-state index contributed by atoms with van der Waals surface area (Å²) >= 11 is 0. The molecule has 17 nitrogen and oxygen atoms in total. The number of aliphatic hydroxyl groups is 1. The normalized spacial score (nSPS) is 14.6. The lowest BCUT2D eigenvalue weighted by molar-refractivity contribution is -0.161. The van der Waals surface area contributed by atoms with Crippen LogP contribution >= 0.6 is 15.6 Å². The second-order valence-corrected chi connectivity index (χ2v) is 27.4. The van der Waals surface area contributed by atoms with E-state index < -0.39 is 97.5 Å². The summed E-state index contributed by atoms with van der Waals surface area (Å²) in [4.78, 5) is 72.7. The van der Waals surface area contributed by atoms with Gasteiger partial charge >= 0.3 is 39.5 Å². The first kappa shape index (κ1) is 91.7. The average Bonchev–Trinajstić information content (AvgIpc) is 1.85. The van der Waals surface area contributed by atoms with E-state index >= 15 is 0 Å². The number of unbranched alkanes of at least 4 members (excludes halogenated alkanes) is 25. The predicted octanol–water partition coefficient (Wildman–Crippen LogP) is 21.0. The first-order valence-electron chi connectivity index (χ1n) is 37.1. The lowest BCUT2D eigenvalue weighted by Gasteiger charge is -2.21. The number of ether oxygens (including phenoxy) is 4. The number of carbonyl (C=O) groups is 4. The Bertz CT molecular complexity index is 2250. The summed E-state index contributed by atoms with van der Waals surface area (Å²) in [5.74, 6) is -2.26. The van der Waals surface area contributed by atoms with Crippen molar-refractivity contribution >= 4 is 39.5 Å². The summed E-state index contributed by atoms with van der Waals surface area (Å²) in [6.45, 7) is 4.52. The van der Waals surface area contributed by atoms with Gasteiger partial charge in [0.2, 0.25) is 0 Å².